The van der Waals surface area contributed by atoms with Crippen molar-refractivity contribution in [2.24, 2.45) is 23.7 Å². The number of fused-ring (bicyclic) bond motifs is 2. The zero-order chi connectivity index (χ0) is 15.9. The first-order valence-electron chi connectivity index (χ1n) is 7.36. The maximum absolute atomic E-state index is 12.3. The van der Waals surface area contributed by atoms with E-state index in [1.807, 2.05) is 18.4 Å². The molecule has 7 heteroatoms. The molecule has 6 nitrogen and oxygen atoms in total. The lowest BCUT2D eigenvalue weighted by molar-refractivity contribution is -0.149. The molecule has 0 aromatic carbocycles. The maximum Gasteiger partial charge on any atom is 0.307 e. The normalized spacial score (nSPS) is 29.3. The predicted octanol–water partition coefficient (Wildman–Crippen LogP) is 1.56. The van der Waals surface area contributed by atoms with Gasteiger partial charge in [0.05, 0.1) is 16.7 Å². The highest BCUT2D eigenvalue weighted by molar-refractivity contribution is 7.12. The molecule has 2 aliphatic rings. The second kappa shape index (κ2) is 5.72. The van der Waals surface area contributed by atoms with E-state index in [0.717, 1.165) is 24.8 Å². The number of aliphatic carboxylic acids is 1. The van der Waals surface area contributed by atoms with Crippen LogP contribution in [0.2, 0.25) is 0 Å². The van der Waals surface area contributed by atoms with Crippen molar-refractivity contribution in [2.75, 3.05) is 0 Å². The van der Waals surface area contributed by atoms with E-state index in [2.05, 4.69) is 10.9 Å². The Labute approximate surface area is 131 Å². The Hall–Kier alpha value is -1.89. The van der Waals surface area contributed by atoms with Crippen molar-refractivity contribution in [1.29, 1.82) is 0 Å². The van der Waals surface area contributed by atoms with Gasteiger partial charge in [0.25, 0.3) is 5.91 Å². The van der Waals surface area contributed by atoms with Crippen molar-refractivity contribution in [2.45, 2.75) is 26.2 Å². The number of rotatable bonds is 3. The van der Waals surface area contributed by atoms with Gasteiger partial charge in [-0.25, -0.2) is 0 Å². The zero-order valence-corrected chi connectivity index (χ0v) is 13.0. The van der Waals surface area contributed by atoms with Gasteiger partial charge in [-0.1, -0.05) is 0 Å². The Kier molecular flexibility index (Phi) is 3.90. The summed E-state index contributed by atoms with van der Waals surface area (Å²) in [6, 6.07) is 1.83. The highest BCUT2D eigenvalue weighted by atomic mass is 32.1. The molecule has 2 bridgehead atoms. The molecule has 0 radical (unpaired) electrons. The number of thiophene rings is 1. The average Bonchev–Trinajstić information content (AvgIpc) is 3.18. The molecule has 2 saturated carbocycles. The summed E-state index contributed by atoms with van der Waals surface area (Å²) >= 11 is 1.30. The third-order valence-corrected chi connectivity index (χ3v) is 5.89. The lowest BCUT2D eigenvalue weighted by Gasteiger charge is -2.26. The molecule has 0 unspecified atom stereocenters. The summed E-state index contributed by atoms with van der Waals surface area (Å²) in [6.45, 7) is 1.82. The summed E-state index contributed by atoms with van der Waals surface area (Å²) in [6.07, 6.45) is 2.57. The molecular weight excluding hydrogens is 304 g/mol. The molecule has 1 aromatic rings. The van der Waals surface area contributed by atoms with Gasteiger partial charge in [0.2, 0.25) is 5.91 Å². The minimum atomic E-state index is -0.909. The first kappa shape index (κ1) is 15.0. The Morgan fingerprint density at radius 3 is 2.45 bits per heavy atom. The summed E-state index contributed by atoms with van der Waals surface area (Å²) in [7, 11) is 0. The topological polar surface area (TPSA) is 95.5 Å². The monoisotopic (exact) mass is 322 g/mol. The lowest BCUT2D eigenvalue weighted by Crippen LogP contribution is -2.48. The second-order valence-corrected chi connectivity index (χ2v) is 7.02. The average molecular weight is 322 g/mol. The third kappa shape index (κ3) is 2.49. The molecule has 3 N–H and O–H groups in total. The Balaban J connectivity index is 1.63. The Morgan fingerprint density at radius 2 is 1.86 bits per heavy atom. The molecule has 0 saturated heterocycles. The molecule has 1 heterocycles. The molecule has 2 amide bonds. The van der Waals surface area contributed by atoms with Crippen LogP contribution in [0.25, 0.3) is 0 Å². The fourth-order valence-electron chi connectivity index (χ4n) is 3.89. The van der Waals surface area contributed by atoms with Crippen LogP contribution in [0, 0.1) is 30.6 Å². The summed E-state index contributed by atoms with van der Waals surface area (Å²) in [5, 5.41) is 11.2. The third-order valence-electron chi connectivity index (χ3n) is 4.87. The van der Waals surface area contributed by atoms with E-state index in [0.29, 0.717) is 4.88 Å². The van der Waals surface area contributed by atoms with Gasteiger partial charge in [0.1, 0.15) is 0 Å². The van der Waals surface area contributed by atoms with E-state index < -0.39 is 17.8 Å². The predicted molar refractivity (Wildman–Crippen MR) is 80.1 cm³/mol. The minimum absolute atomic E-state index is 0.0912. The molecule has 1 aromatic heterocycles. The molecule has 118 valence electrons. The van der Waals surface area contributed by atoms with Crippen LogP contribution in [-0.2, 0) is 9.59 Å². The van der Waals surface area contributed by atoms with E-state index in [-0.39, 0.29) is 23.7 Å². The van der Waals surface area contributed by atoms with Crippen LogP contribution in [0.15, 0.2) is 11.4 Å². The van der Waals surface area contributed by atoms with Gasteiger partial charge in [-0.2, -0.15) is 0 Å². The van der Waals surface area contributed by atoms with Crippen LogP contribution in [0.3, 0.4) is 0 Å². The standard InChI is InChI=1S/C15H18N2O4S/c1-7-4-5-22-12(7)14(19)17-16-13(18)10-8-2-3-9(6-8)11(10)15(20)21/h4-5,8-11H,2-3,6H2,1H3,(H,16,18)(H,17,19)(H,20,21)/t8-,9-,10-,11+/m0/s1. The van der Waals surface area contributed by atoms with Gasteiger partial charge in [-0.3, -0.25) is 25.2 Å². The van der Waals surface area contributed by atoms with Crippen LogP contribution in [0.4, 0.5) is 0 Å². The Bertz CT molecular complexity index is 627. The largest absolute Gasteiger partial charge is 0.481 e. The van der Waals surface area contributed by atoms with Crippen molar-refractivity contribution < 1.29 is 19.5 Å². The summed E-state index contributed by atoms with van der Waals surface area (Å²) in [5.41, 5.74) is 5.66. The summed E-state index contributed by atoms with van der Waals surface area (Å²) in [4.78, 5) is 36.3. The number of hydrazine groups is 1. The van der Waals surface area contributed by atoms with Crippen LogP contribution in [0.1, 0.15) is 34.5 Å². The van der Waals surface area contributed by atoms with Crippen molar-refractivity contribution in [1.82, 2.24) is 10.9 Å². The minimum Gasteiger partial charge on any atom is -0.481 e. The van der Waals surface area contributed by atoms with E-state index >= 15 is 0 Å². The highest BCUT2D eigenvalue weighted by Crippen LogP contribution is 2.52. The van der Waals surface area contributed by atoms with Crippen molar-refractivity contribution >= 4 is 29.1 Å². The van der Waals surface area contributed by atoms with Crippen LogP contribution in [0.5, 0.6) is 0 Å². The van der Waals surface area contributed by atoms with Crippen LogP contribution < -0.4 is 10.9 Å². The van der Waals surface area contributed by atoms with E-state index in [4.69, 9.17) is 0 Å². The number of nitrogens with one attached hydrogen (secondary N) is 2. The number of hydrogen-bond acceptors (Lipinski definition) is 4. The van der Waals surface area contributed by atoms with E-state index in [9.17, 15) is 19.5 Å². The van der Waals surface area contributed by atoms with Gasteiger partial charge >= 0.3 is 5.97 Å². The van der Waals surface area contributed by atoms with E-state index in [1.54, 1.807) is 0 Å². The second-order valence-electron chi connectivity index (χ2n) is 6.10. The molecule has 0 aliphatic heterocycles. The zero-order valence-electron chi connectivity index (χ0n) is 12.2. The van der Waals surface area contributed by atoms with Crippen LogP contribution >= 0.6 is 11.3 Å². The van der Waals surface area contributed by atoms with Crippen LogP contribution in [-0.4, -0.2) is 22.9 Å². The van der Waals surface area contributed by atoms with E-state index in [1.165, 1.54) is 11.3 Å². The molecule has 2 fully saturated rings. The molecule has 22 heavy (non-hydrogen) atoms. The maximum atomic E-state index is 12.3. The first-order valence-corrected chi connectivity index (χ1v) is 8.24. The number of carboxylic acids is 1. The van der Waals surface area contributed by atoms with Gasteiger partial charge < -0.3 is 5.11 Å². The van der Waals surface area contributed by atoms with Crippen molar-refractivity contribution in [3.05, 3.63) is 21.9 Å². The SMILES string of the molecule is Cc1ccsc1C(=O)NNC(=O)[C@H]1[C@H]2CC[C@@H](C2)[C@H]1C(=O)O. The van der Waals surface area contributed by atoms with Crippen molar-refractivity contribution in [3.8, 4) is 0 Å². The fraction of sp³-hybridized carbons (Fsp3) is 0.533. The summed E-state index contributed by atoms with van der Waals surface area (Å²) < 4.78 is 0. The van der Waals surface area contributed by atoms with Gasteiger partial charge in [0.15, 0.2) is 0 Å². The van der Waals surface area contributed by atoms with Gasteiger partial charge in [-0.15, -0.1) is 11.3 Å². The summed E-state index contributed by atoms with van der Waals surface area (Å²) in [5.74, 6) is -2.62. The molecule has 0 spiro atoms. The highest BCUT2D eigenvalue weighted by Gasteiger charge is 2.54. The fourth-order valence-corrected chi connectivity index (χ4v) is 4.71. The lowest BCUT2D eigenvalue weighted by atomic mass is 9.79. The molecular formula is C15H18N2O4S. The smallest absolute Gasteiger partial charge is 0.307 e. The number of carbonyl (C=O) groups excluding carboxylic acids is 2. The first-order chi connectivity index (χ1) is 10.5. The Morgan fingerprint density at radius 1 is 1.18 bits per heavy atom. The van der Waals surface area contributed by atoms with Crippen molar-refractivity contribution in [3.63, 3.8) is 0 Å². The number of hydrogen-bond donors (Lipinski definition) is 3. The number of carboxylic acid groups (broad SMARTS) is 1. The number of amides is 2. The van der Waals surface area contributed by atoms with Gasteiger partial charge in [0, 0.05) is 0 Å². The molecule has 4 atom stereocenters. The molecule has 2 aliphatic carbocycles. The quantitative estimate of drug-likeness (QED) is 0.736. The van der Waals surface area contributed by atoms with Gasteiger partial charge in [-0.05, 0) is 55.0 Å². The molecule has 3 rings (SSSR count). The number of carbonyl (C=O) groups is 3. The number of aryl methyl sites for hydroxylation is 1.